The van der Waals surface area contributed by atoms with Crippen molar-refractivity contribution in [1.82, 2.24) is 5.01 Å². The summed E-state index contributed by atoms with van der Waals surface area (Å²) >= 11 is -1.86. The number of benzene rings is 2. The predicted molar refractivity (Wildman–Crippen MR) is 112 cm³/mol. The van der Waals surface area contributed by atoms with Crippen molar-refractivity contribution in [2.75, 3.05) is 5.73 Å². The summed E-state index contributed by atoms with van der Waals surface area (Å²) in [4.78, 5) is 11.7. The first kappa shape index (κ1) is 20.2. The van der Waals surface area contributed by atoms with Crippen LogP contribution in [0.3, 0.4) is 0 Å². The van der Waals surface area contributed by atoms with E-state index in [-0.39, 0.29) is 17.7 Å². The van der Waals surface area contributed by atoms with Crippen molar-refractivity contribution in [1.29, 1.82) is 0 Å². The fraction of sp³-hybridized carbons (Fsp3) is 0.333. The number of nitrogens with zero attached hydrogens (tertiary/aromatic N) is 2. The van der Waals surface area contributed by atoms with E-state index in [4.69, 9.17) is 15.4 Å². The highest BCUT2D eigenvalue weighted by Crippen LogP contribution is 2.28. The Labute approximate surface area is 167 Å². The predicted octanol–water partition coefficient (Wildman–Crippen LogP) is 3.19. The minimum atomic E-state index is -1.86. The third-order valence-corrected chi connectivity index (χ3v) is 5.63. The molecular weight excluding hydrogens is 374 g/mol. The van der Waals surface area contributed by atoms with Crippen LogP contribution < -0.4 is 5.73 Å². The lowest BCUT2D eigenvalue weighted by Gasteiger charge is -2.35. The van der Waals surface area contributed by atoms with Crippen LogP contribution in [0.1, 0.15) is 36.5 Å². The molecule has 1 aliphatic rings. The van der Waals surface area contributed by atoms with Crippen molar-refractivity contribution in [2.24, 2.45) is 11.0 Å². The average Bonchev–Trinajstić information content (AvgIpc) is 2.69. The van der Waals surface area contributed by atoms with Crippen LogP contribution in [0, 0.1) is 5.92 Å². The number of carbonyl (C=O) groups excluding carboxylic acids is 1. The number of aldehydes is 1. The monoisotopic (exact) mass is 399 g/mol. The van der Waals surface area contributed by atoms with E-state index in [9.17, 15) is 9.00 Å². The van der Waals surface area contributed by atoms with Gasteiger partial charge in [0.2, 0.25) is 0 Å². The Balaban J connectivity index is 1.89. The molecule has 1 aliphatic heterocycles. The topological polar surface area (TPSA) is 96.0 Å². The van der Waals surface area contributed by atoms with Gasteiger partial charge in [-0.2, -0.15) is 5.10 Å². The highest BCUT2D eigenvalue weighted by atomic mass is 32.2. The molecule has 7 heteroatoms. The molecule has 3 atom stereocenters. The molecule has 28 heavy (non-hydrogen) atoms. The highest BCUT2D eigenvalue weighted by Gasteiger charge is 2.30. The molecule has 0 spiro atoms. The Bertz CT molecular complexity index is 865. The first-order valence-electron chi connectivity index (χ1n) is 9.31. The van der Waals surface area contributed by atoms with E-state index in [1.807, 2.05) is 53.5 Å². The maximum Gasteiger partial charge on any atom is 0.157 e. The largest absolute Gasteiger partial charge is 0.399 e. The standard InChI is InChI=1S/C21H25N3O3S/c1-2-17-11-20(13-25)24(12-15-5-9-19(22)10-6-15)23-21(17)18-7-3-16(4-8-18)14-28(26)27/h3-10,13,17,20H,2,11-12,14,22H2,1H3,(H,26,27). The van der Waals surface area contributed by atoms with Crippen LogP contribution >= 0.6 is 0 Å². The molecule has 3 rings (SSSR count). The molecule has 0 bridgehead atoms. The van der Waals surface area contributed by atoms with Gasteiger partial charge in [-0.1, -0.05) is 43.3 Å². The van der Waals surface area contributed by atoms with Gasteiger partial charge >= 0.3 is 0 Å². The van der Waals surface area contributed by atoms with Crippen molar-refractivity contribution >= 4 is 28.8 Å². The Morgan fingerprint density at radius 1 is 1.18 bits per heavy atom. The molecular formula is C21H25N3O3S. The summed E-state index contributed by atoms with van der Waals surface area (Å²) in [5, 5.41) is 6.69. The van der Waals surface area contributed by atoms with Gasteiger partial charge in [-0.15, -0.1) is 0 Å². The lowest BCUT2D eigenvalue weighted by atomic mass is 9.87. The zero-order valence-electron chi connectivity index (χ0n) is 15.8. The van der Waals surface area contributed by atoms with E-state index in [0.29, 0.717) is 12.2 Å². The van der Waals surface area contributed by atoms with Crippen molar-refractivity contribution in [3.8, 4) is 0 Å². The van der Waals surface area contributed by atoms with E-state index in [1.54, 1.807) is 0 Å². The van der Waals surface area contributed by atoms with E-state index in [0.717, 1.165) is 41.5 Å². The summed E-state index contributed by atoms with van der Waals surface area (Å²) in [6.07, 6.45) is 2.58. The molecule has 3 N–H and O–H groups in total. The second kappa shape index (κ2) is 9.12. The number of anilines is 1. The van der Waals surface area contributed by atoms with Crippen LogP contribution in [-0.2, 0) is 28.2 Å². The van der Waals surface area contributed by atoms with Crippen LogP contribution in [0.2, 0.25) is 0 Å². The first-order valence-corrected chi connectivity index (χ1v) is 10.6. The number of hydrogen-bond donors (Lipinski definition) is 2. The molecule has 0 amide bonds. The summed E-state index contributed by atoms with van der Waals surface area (Å²) in [6, 6.07) is 14.9. The van der Waals surface area contributed by atoms with Gasteiger partial charge in [-0.25, -0.2) is 4.21 Å². The molecule has 0 aliphatic carbocycles. The van der Waals surface area contributed by atoms with Gasteiger partial charge in [-0.3, -0.25) is 5.01 Å². The fourth-order valence-corrected chi connectivity index (χ4v) is 3.95. The summed E-state index contributed by atoms with van der Waals surface area (Å²) in [5.41, 5.74) is 10.2. The zero-order valence-corrected chi connectivity index (χ0v) is 16.6. The van der Waals surface area contributed by atoms with Gasteiger partial charge in [-0.05, 0) is 41.7 Å². The molecule has 0 saturated carbocycles. The lowest BCUT2D eigenvalue weighted by Crippen LogP contribution is -2.41. The average molecular weight is 400 g/mol. The van der Waals surface area contributed by atoms with E-state index < -0.39 is 11.1 Å². The van der Waals surface area contributed by atoms with Crippen LogP contribution in [0.25, 0.3) is 0 Å². The fourth-order valence-electron chi connectivity index (χ4n) is 3.48. The molecule has 0 aromatic heterocycles. The molecule has 2 aromatic rings. The molecule has 0 radical (unpaired) electrons. The number of hydrazone groups is 1. The maximum absolute atomic E-state index is 11.7. The van der Waals surface area contributed by atoms with Crippen molar-refractivity contribution in [2.45, 2.75) is 38.1 Å². The van der Waals surface area contributed by atoms with Gasteiger partial charge < -0.3 is 15.1 Å². The lowest BCUT2D eigenvalue weighted by molar-refractivity contribution is -0.113. The Morgan fingerprint density at radius 2 is 1.82 bits per heavy atom. The molecule has 148 valence electrons. The molecule has 3 unspecified atom stereocenters. The quantitative estimate of drug-likeness (QED) is 0.423. The van der Waals surface area contributed by atoms with Crippen LogP contribution in [-0.4, -0.2) is 31.8 Å². The Morgan fingerprint density at radius 3 is 2.39 bits per heavy atom. The molecule has 6 nitrogen and oxygen atoms in total. The van der Waals surface area contributed by atoms with Crippen molar-refractivity contribution in [3.63, 3.8) is 0 Å². The van der Waals surface area contributed by atoms with E-state index >= 15 is 0 Å². The number of nitrogen functional groups attached to an aromatic ring is 1. The van der Waals surface area contributed by atoms with Crippen LogP contribution in [0.4, 0.5) is 5.69 Å². The summed E-state index contributed by atoms with van der Waals surface area (Å²) in [5.74, 6) is 0.302. The third kappa shape index (κ3) is 4.85. The minimum Gasteiger partial charge on any atom is -0.399 e. The van der Waals surface area contributed by atoms with E-state index in [2.05, 4.69) is 6.92 Å². The number of carbonyl (C=O) groups is 1. The third-order valence-electron chi connectivity index (χ3n) is 5.05. The normalized spacial score (nSPS) is 20.5. The summed E-state index contributed by atoms with van der Waals surface area (Å²) in [7, 11) is 0. The van der Waals surface area contributed by atoms with Crippen molar-refractivity contribution < 1.29 is 13.6 Å². The minimum absolute atomic E-state index is 0.112. The van der Waals surface area contributed by atoms with Gasteiger partial charge in [0.1, 0.15) is 12.3 Å². The van der Waals surface area contributed by atoms with Crippen molar-refractivity contribution in [3.05, 3.63) is 65.2 Å². The van der Waals surface area contributed by atoms with Gasteiger partial charge in [0, 0.05) is 11.6 Å². The zero-order chi connectivity index (χ0) is 20.1. The first-order chi connectivity index (χ1) is 13.5. The van der Waals surface area contributed by atoms with E-state index in [1.165, 1.54) is 0 Å². The second-order valence-corrected chi connectivity index (χ2v) is 7.96. The highest BCUT2D eigenvalue weighted by molar-refractivity contribution is 7.78. The maximum atomic E-state index is 11.7. The number of nitrogens with two attached hydrogens (primary N) is 1. The molecule has 0 saturated heterocycles. The van der Waals surface area contributed by atoms with Gasteiger partial charge in [0.05, 0.1) is 18.0 Å². The number of hydrogen-bond acceptors (Lipinski definition) is 5. The second-order valence-electron chi connectivity index (χ2n) is 7.03. The smallest absolute Gasteiger partial charge is 0.157 e. The summed E-state index contributed by atoms with van der Waals surface area (Å²) in [6.45, 7) is 2.63. The van der Waals surface area contributed by atoms with Gasteiger partial charge in [0.15, 0.2) is 11.1 Å². The SMILES string of the molecule is CCC1CC(C=O)N(Cc2ccc(N)cc2)N=C1c1ccc(CS(=O)O)cc1. The van der Waals surface area contributed by atoms with Crippen LogP contribution in [0.15, 0.2) is 53.6 Å². The Kier molecular flexibility index (Phi) is 6.59. The Hall–Kier alpha value is -2.51. The molecule has 2 aromatic carbocycles. The molecule has 0 fully saturated rings. The summed E-state index contributed by atoms with van der Waals surface area (Å²) < 4.78 is 20.1. The number of rotatable bonds is 7. The van der Waals surface area contributed by atoms with Gasteiger partial charge in [0.25, 0.3) is 0 Å². The van der Waals surface area contributed by atoms with Crippen LogP contribution in [0.5, 0.6) is 0 Å². The molecule has 1 heterocycles.